The lowest BCUT2D eigenvalue weighted by Gasteiger charge is -2.05. The van der Waals surface area contributed by atoms with Crippen LogP contribution in [0.25, 0.3) is 0 Å². The van der Waals surface area contributed by atoms with Crippen molar-refractivity contribution in [3.05, 3.63) is 21.7 Å². The fraction of sp³-hybridized carbons (Fsp3) is 0.143. The molecule has 0 aromatic carbocycles. The lowest BCUT2D eigenvalue weighted by Crippen LogP contribution is -2.07. The van der Waals surface area contributed by atoms with Gasteiger partial charge in [0.2, 0.25) is 5.95 Å². The minimum Gasteiger partial charge on any atom is -0.481 e. The van der Waals surface area contributed by atoms with Gasteiger partial charge in [-0.05, 0) is 0 Å². The van der Waals surface area contributed by atoms with Crippen molar-refractivity contribution in [3.63, 3.8) is 0 Å². The maximum Gasteiger partial charge on any atom is 0.309 e. The third kappa shape index (κ3) is 2.05. The fourth-order valence-electron chi connectivity index (χ4n) is 0.840. The average Bonchev–Trinajstić information content (AvgIpc) is 2.10. The van der Waals surface area contributed by atoms with Gasteiger partial charge in [-0.3, -0.25) is 4.79 Å². The highest BCUT2D eigenvalue weighted by Crippen LogP contribution is 2.31. The number of anilines is 1. The van der Waals surface area contributed by atoms with Crippen molar-refractivity contribution in [3.8, 4) is 0 Å². The van der Waals surface area contributed by atoms with E-state index in [1.807, 2.05) is 0 Å². The summed E-state index contributed by atoms with van der Waals surface area (Å²) in [5, 5.41) is 7.92. The lowest BCUT2D eigenvalue weighted by atomic mass is 10.2. The molecule has 0 aliphatic carbocycles. The van der Waals surface area contributed by atoms with E-state index in [2.05, 4.69) is 4.98 Å². The molecular formula is C7H5Cl2FN2O2. The fourth-order valence-corrected chi connectivity index (χ4v) is 1.23. The summed E-state index contributed by atoms with van der Waals surface area (Å²) < 4.78 is 12.9. The number of aromatic nitrogens is 1. The zero-order valence-corrected chi connectivity index (χ0v) is 8.23. The minimum absolute atomic E-state index is 0.126. The predicted octanol–water partition coefficient (Wildman–Crippen LogP) is 1.74. The summed E-state index contributed by atoms with van der Waals surface area (Å²) in [6.07, 6.45) is -0.503. The van der Waals surface area contributed by atoms with Crippen molar-refractivity contribution < 1.29 is 14.3 Å². The molecule has 4 nitrogen and oxygen atoms in total. The highest BCUT2D eigenvalue weighted by atomic mass is 35.5. The number of rotatable bonds is 2. The van der Waals surface area contributed by atoms with Crippen molar-refractivity contribution in [2.45, 2.75) is 6.42 Å². The second-order valence-corrected chi connectivity index (χ2v) is 3.22. The van der Waals surface area contributed by atoms with Crippen LogP contribution in [-0.2, 0) is 11.2 Å². The number of nitrogens with zero attached hydrogens (tertiary/aromatic N) is 1. The van der Waals surface area contributed by atoms with Gasteiger partial charge in [-0.15, -0.1) is 0 Å². The molecule has 1 aromatic heterocycles. The highest BCUT2D eigenvalue weighted by Gasteiger charge is 2.16. The Morgan fingerprint density at radius 1 is 1.50 bits per heavy atom. The molecule has 0 unspecified atom stereocenters. The highest BCUT2D eigenvalue weighted by molar-refractivity contribution is 6.39. The number of nitrogens with two attached hydrogens (primary N) is 1. The van der Waals surface area contributed by atoms with Crippen molar-refractivity contribution in [2.24, 2.45) is 0 Å². The van der Waals surface area contributed by atoms with Gasteiger partial charge in [0.25, 0.3) is 0 Å². The monoisotopic (exact) mass is 238 g/mol. The van der Waals surface area contributed by atoms with Gasteiger partial charge in [0.05, 0.1) is 22.8 Å². The van der Waals surface area contributed by atoms with E-state index < -0.39 is 23.4 Å². The van der Waals surface area contributed by atoms with Crippen LogP contribution in [0, 0.1) is 5.95 Å². The number of pyridine rings is 1. The topological polar surface area (TPSA) is 76.2 Å². The molecule has 0 spiro atoms. The van der Waals surface area contributed by atoms with Crippen LogP contribution in [0.5, 0.6) is 0 Å². The maximum atomic E-state index is 12.9. The number of hydrogen-bond donors (Lipinski definition) is 2. The number of carboxylic acids is 1. The van der Waals surface area contributed by atoms with Gasteiger partial charge in [0.1, 0.15) is 5.02 Å². The molecule has 7 heteroatoms. The molecule has 0 saturated carbocycles. The van der Waals surface area contributed by atoms with Crippen molar-refractivity contribution >= 4 is 34.9 Å². The van der Waals surface area contributed by atoms with Gasteiger partial charge >= 0.3 is 5.97 Å². The number of halogens is 3. The van der Waals surface area contributed by atoms with Gasteiger partial charge in [-0.2, -0.15) is 4.39 Å². The molecule has 0 atom stereocenters. The molecule has 0 aliphatic rings. The molecule has 1 rings (SSSR count). The Bertz CT molecular complexity index is 398. The van der Waals surface area contributed by atoms with Crippen LogP contribution in [-0.4, -0.2) is 16.1 Å². The third-order valence-corrected chi connectivity index (χ3v) is 2.24. The van der Waals surface area contributed by atoms with Gasteiger partial charge < -0.3 is 10.8 Å². The van der Waals surface area contributed by atoms with E-state index in [9.17, 15) is 9.18 Å². The Labute approximate surface area is 88.4 Å². The summed E-state index contributed by atoms with van der Waals surface area (Å²) in [7, 11) is 0. The Morgan fingerprint density at radius 3 is 2.57 bits per heavy atom. The van der Waals surface area contributed by atoms with E-state index in [4.69, 9.17) is 34.0 Å². The minimum atomic E-state index is -1.18. The zero-order valence-electron chi connectivity index (χ0n) is 6.72. The Morgan fingerprint density at radius 2 is 2.07 bits per heavy atom. The van der Waals surface area contributed by atoms with E-state index in [0.29, 0.717) is 0 Å². The van der Waals surface area contributed by atoms with E-state index in [1.54, 1.807) is 0 Å². The summed E-state index contributed by atoms with van der Waals surface area (Å²) in [5.41, 5.74) is 4.99. The molecular weight excluding hydrogens is 234 g/mol. The smallest absolute Gasteiger partial charge is 0.309 e. The SMILES string of the molecule is Nc1c(Cl)c(F)nc(CC(=O)O)c1Cl. The Kier molecular flexibility index (Phi) is 3.13. The second-order valence-electron chi connectivity index (χ2n) is 2.46. The molecule has 0 radical (unpaired) electrons. The number of nitrogen functional groups attached to an aromatic ring is 1. The van der Waals surface area contributed by atoms with Crippen LogP contribution in [0.2, 0.25) is 10.0 Å². The molecule has 1 heterocycles. The number of aliphatic carboxylic acids is 1. The van der Waals surface area contributed by atoms with E-state index >= 15 is 0 Å². The second kappa shape index (κ2) is 3.98. The largest absolute Gasteiger partial charge is 0.481 e. The Balaban J connectivity index is 3.25. The average molecular weight is 239 g/mol. The normalized spacial score (nSPS) is 10.2. The van der Waals surface area contributed by atoms with Gasteiger partial charge in [-0.1, -0.05) is 23.2 Å². The van der Waals surface area contributed by atoms with E-state index in [-0.39, 0.29) is 16.4 Å². The standard InChI is InChI=1S/C7H5Cl2FN2O2/c8-4-2(1-3(13)14)12-7(10)5(9)6(4)11/h1H2,(H2,11,12)(H,13,14). The maximum absolute atomic E-state index is 12.9. The first-order valence-electron chi connectivity index (χ1n) is 3.44. The zero-order chi connectivity index (χ0) is 10.9. The first-order chi connectivity index (χ1) is 6.43. The first-order valence-corrected chi connectivity index (χ1v) is 4.19. The number of hydrogen-bond acceptors (Lipinski definition) is 3. The molecule has 0 saturated heterocycles. The van der Waals surface area contributed by atoms with Crippen LogP contribution >= 0.6 is 23.2 Å². The van der Waals surface area contributed by atoms with Crippen molar-refractivity contribution in [1.82, 2.24) is 4.98 Å². The molecule has 1 aromatic rings. The van der Waals surface area contributed by atoms with Crippen molar-refractivity contribution in [2.75, 3.05) is 5.73 Å². The lowest BCUT2D eigenvalue weighted by molar-refractivity contribution is -0.136. The summed E-state index contributed by atoms with van der Waals surface area (Å²) in [5.74, 6) is -2.20. The number of carboxylic acid groups (broad SMARTS) is 1. The summed E-state index contributed by atoms with van der Waals surface area (Å²) in [4.78, 5) is 13.6. The van der Waals surface area contributed by atoms with E-state index in [1.165, 1.54) is 0 Å². The van der Waals surface area contributed by atoms with Crippen LogP contribution in [0.15, 0.2) is 0 Å². The van der Waals surface area contributed by atoms with Gasteiger partial charge in [0, 0.05) is 0 Å². The number of carbonyl (C=O) groups is 1. The third-order valence-electron chi connectivity index (χ3n) is 1.46. The molecule has 76 valence electrons. The molecule has 0 fully saturated rings. The molecule has 14 heavy (non-hydrogen) atoms. The molecule has 0 amide bonds. The predicted molar refractivity (Wildman–Crippen MR) is 50.0 cm³/mol. The van der Waals surface area contributed by atoms with Crippen LogP contribution < -0.4 is 5.73 Å². The Hall–Kier alpha value is -1.07. The summed E-state index contributed by atoms with van der Waals surface area (Å²) in [6.45, 7) is 0. The molecule has 3 N–H and O–H groups in total. The van der Waals surface area contributed by atoms with Gasteiger partial charge in [-0.25, -0.2) is 4.98 Å². The molecule has 0 bridgehead atoms. The molecule has 0 aliphatic heterocycles. The van der Waals surface area contributed by atoms with Crippen molar-refractivity contribution in [1.29, 1.82) is 0 Å². The summed E-state index contributed by atoms with van der Waals surface area (Å²) >= 11 is 11.0. The van der Waals surface area contributed by atoms with Crippen LogP contribution in [0.3, 0.4) is 0 Å². The quantitative estimate of drug-likeness (QED) is 0.770. The van der Waals surface area contributed by atoms with E-state index in [0.717, 1.165) is 0 Å². The summed E-state index contributed by atoms with van der Waals surface area (Å²) in [6, 6.07) is 0. The van der Waals surface area contributed by atoms with Crippen LogP contribution in [0.4, 0.5) is 10.1 Å². The van der Waals surface area contributed by atoms with Gasteiger partial charge in [0.15, 0.2) is 0 Å². The van der Waals surface area contributed by atoms with Crippen LogP contribution in [0.1, 0.15) is 5.69 Å². The first kappa shape index (κ1) is 11.0.